The van der Waals surface area contributed by atoms with Crippen molar-refractivity contribution < 1.29 is 33.6 Å². The fourth-order valence-corrected chi connectivity index (χ4v) is 4.11. The fourth-order valence-electron chi connectivity index (χ4n) is 3.65. The molecule has 40 heavy (non-hydrogen) atoms. The van der Waals surface area contributed by atoms with Crippen molar-refractivity contribution in [3.8, 4) is 11.5 Å². The Kier molecular flexibility index (Phi) is 8.31. The molecule has 1 aliphatic heterocycles. The smallest absolute Gasteiger partial charge is 0.335 e. The van der Waals surface area contributed by atoms with Crippen LogP contribution in [0.2, 0.25) is 10.0 Å². The molecule has 3 aromatic rings. The molecular weight excluding hydrogens is 567 g/mol. The molecule has 12 nitrogen and oxygen atoms in total. The van der Waals surface area contributed by atoms with E-state index in [2.05, 4.69) is 5.32 Å². The van der Waals surface area contributed by atoms with Gasteiger partial charge in [-0.15, -0.1) is 0 Å². The van der Waals surface area contributed by atoms with Crippen LogP contribution < -0.4 is 25.0 Å². The molecule has 0 aromatic heterocycles. The van der Waals surface area contributed by atoms with Crippen molar-refractivity contribution in [3.05, 3.63) is 92.0 Å². The van der Waals surface area contributed by atoms with Gasteiger partial charge < -0.3 is 14.8 Å². The van der Waals surface area contributed by atoms with Gasteiger partial charge in [0.05, 0.1) is 33.5 Å². The zero-order valence-corrected chi connectivity index (χ0v) is 22.0. The van der Waals surface area contributed by atoms with E-state index in [1.54, 1.807) is 24.3 Å². The van der Waals surface area contributed by atoms with Gasteiger partial charge in [-0.2, -0.15) is 0 Å². The van der Waals surface area contributed by atoms with Gasteiger partial charge in [0.1, 0.15) is 5.57 Å². The highest BCUT2D eigenvalue weighted by Crippen LogP contribution is 2.37. The number of ether oxygens (including phenoxy) is 2. The molecule has 1 fully saturated rings. The lowest BCUT2D eigenvalue weighted by atomic mass is 10.1. The van der Waals surface area contributed by atoms with E-state index in [9.17, 15) is 29.3 Å². The van der Waals surface area contributed by atoms with E-state index in [-0.39, 0.29) is 33.5 Å². The molecule has 1 saturated heterocycles. The molecule has 204 valence electrons. The summed E-state index contributed by atoms with van der Waals surface area (Å²) in [5, 5.41) is 16.1. The predicted octanol–water partition coefficient (Wildman–Crippen LogP) is 4.59. The lowest BCUT2D eigenvalue weighted by molar-refractivity contribution is -0.384. The maximum absolute atomic E-state index is 13.2. The molecule has 0 radical (unpaired) electrons. The molecule has 0 saturated carbocycles. The van der Waals surface area contributed by atoms with E-state index in [1.165, 1.54) is 37.4 Å². The summed E-state index contributed by atoms with van der Waals surface area (Å²) >= 11 is 12.4. The van der Waals surface area contributed by atoms with Crippen LogP contribution >= 0.6 is 23.2 Å². The first kappa shape index (κ1) is 28.1. The number of urea groups is 1. The zero-order valence-electron chi connectivity index (χ0n) is 20.5. The van der Waals surface area contributed by atoms with Crippen LogP contribution in [0.1, 0.15) is 5.56 Å². The first-order valence-electron chi connectivity index (χ1n) is 11.3. The van der Waals surface area contributed by atoms with E-state index >= 15 is 0 Å². The summed E-state index contributed by atoms with van der Waals surface area (Å²) in [7, 11) is 1.32. The Balaban J connectivity index is 1.58. The number of hydrogen-bond acceptors (Lipinski definition) is 8. The number of rotatable bonds is 8. The SMILES string of the molecule is COc1cc(/C=C2/C(=O)NC(=O)N(c3cccc([N+](=O)[O-])c3)C2=O)cc(Cl)c1OCC(=O)Nc1ccccc1Cl. The number of methoxy groups -OCH3 is 1. The van der Waals surface area contributed by atoms with E-state index in [1.807, 2.05) is 5.32 Å². The maximum Gasteiger partial charge on any atom is 0.335 e. The number of halogens is 2. The van der Waals surface area contributed by atoms with Crippen LogP contribution in [0, 0.1) is 10.1 Å². The number of imide groups is 2. The summed E-state index contributed by atoms with van der Waals surface area (Å²) in [6.45, 7) is -0.442. The first-order valence-corrected chi connectivity index (χ1v) is 12.0. The largest absolute Gasteiger partial charge is 0.493 e. The van der Waals surface area contributed by atoms with Gasteiger partial charge in [0.15, 0.2) is 18.1 Å². The van der Waals surface area contributed by atoms with E-state index in [0.29, 0.717) is 15.6 Å². The highest BCUT2D eigenvalue weighted by molar-refractivity contribution is 6.39. The minimum atomic E-state index is -1.07. The van der Waals surface area contributed by atoms with Gasteiger partial charge in [0.2, 0.25) is 0 Å². The molecule has 0 spiro atoms. The molecule has 5 amide bonds. The number of amides is 5. The van der Waals surface area contributed by atoms with Crippen molar-refractivity contribution in [3.63, 3.8) is 0 Å². The third-order valence-electron chi connectivity index (χ3n) is 5.46. The third-order valence-corrected chi connectivity index (χ3v) is 6.07. The summed E-state index contributed by atoms with van der Waals surface area (Å²) in [6, 6.07) is 13.2. The minimum absolute atomic E-state index is 0.00738. The van der Waals surface area contributed by atoms with Gasteiger partial charge in [-0.05, 0) is 42.0 Å². The van der Waals surface area contributed by atoms with Crippen LogP contribution in [0.25, 0.3) is 6.08 Å². The molecule has 1 aliphatic rings. The zero-order chi connectivity index (χ0) is 29.0. The van der Waals surface area contributed by atoms with Crippen molar-refractivity contribution in [2.45, 2.75) is 0 Å². The Hall–Kier alpha value is -4.94. The molecule has 0 bridgehead atoms. The number of para-hydroxylation sites is 1. The average Bonchev–Trinajstić information content (AvgIpc) is 2.91. The Labute approximate surface area is 236 Å². The van der Waals surface area contributed by atoms with Gasteiger partial charge in [-0.25, -0.2) is 9.69 Å². The predicted molar refractivity (Wildman–Crippen MR) is 146 cm³/mol. The number of non-ortho nitro benzene ring substituents is 1. The molecule has 4 rings (SSSR count). The number of nitrogens with one attached hydrogen (secondary N) is 2. The Bertz CT molecular complexity index is 1590. The van der Waals surface area contributed by atoms with Gasteiger partial charge in [-0.3, -0.25) is 29.8 Å². The monoisotopic (exact) mass is 584 g/mol. The Morgan fingerprint density at radius 2 is 1.82 bits per heavy atom. The Morgan fingerprint density at radius 3 is 2.52 bits per heavy atom. The van der Waals surface area contributed by atoms with Crippen LogP contribution in [0.3, 0.4) is 0 Å². The lowest BCUT2D eigenvalue weighted by Gasteiger charge is -2.26. The second kappa shape index (κ2) is 11.8. The number of nitrogens with zero attached hydrogens (tertiary/aromatic N) is 2. The molecule has 14 heteroatoms. The standard InChI is InChI=1S/C26H18Cl2N4O8/c1-39-21-11-14(10-19(28)23(21)40-13-22(33)29-20-8-3-2-7-18(20)27)9-17-24(34)30-26(36)31(25(17)35)15-5-4-6-16(12-15)32(37)38/h2-12H,13H2,1H3,(H,29,33)(H,30,34,36)/b17-9-. The summed E-state index contributed by atoms with van der Waals surface area (Å²) in [6.07, 6.45) is 1.16. The summed E-state index contributed by atoms with van der Waals surface area (Å²) in [4.78, 5) is 61.5. The Morgan fingerprint density at radius 1 is 1.07 bits per heavy atom. The normalized spacial score (nSPS) is 14.1. The number of nitro groups is 1. The lowest BCUT2D eigenvalue weighted by Crippen LogP contribution is -2.54. The van der Waals surface area contributed by atoms with Crippen molar-refractivity contribution in [2.24, 2.45) is 0 Å². The highest BCUT2D eigenvalue weighted by Gasteiger charge is 2.37. The molecule has 0 atom stereocenters. The third kappa shape index (κ3) is 6.03. The number of barbiturate groups is 1. The van der Waals surface area contributed by atoms with E-state index < -0.39 is 40.9 Å². The van der Waals surface area contributed by atoms with Crippen molar-refractivity contribution in [1.29, 1.82) is 0 Å². The number of benzene rings is 3. The molecular formula is C26H18Cl2N4O8. The average molecular weight is 585 g/mol. The number of hydrogen-bond donors (Lipinski definition) is 2. The number of carbonyl (C=O) groups excluding carboxylic acids is 4. The second-order valence-electron chi connectivity index (χ2n) is 8.09. The van der Waals surface area contributed by atoms with Crippen LogP contribution in [0.5, 0.6) is 11.5 Å². The summed E-state index contributed by atoms with van der Waals surface area (Å²) in [5.74, 6) is -2.41. The number of nitro benzene ring substituents is 1. The highest BCUT2D eigenvalue weighted by atomic mass is 35.5. The number of carbonyl (C=O) groups is 4. The molecule has 2 N–H and O–H groups in total. The summed E-state index contributed by atoms with van der Waals surface area (Å²) < 4.78 is 10.9. The molecule has 3 aromatic carbocycles. The van der Waals surface area contributed by atoms with Gasteiger partial charge in [0.25, 0.3) is 23.4 Å². The first-order chi connectivity index (χ1) is 19.1. The van der Waals surface area contributed by atoms with Gasteiger partial charge >= 0.3 is 6.03 Å². The topological polar surface area (TPSA) is 157 Å². The maximum atomic E-state index is 13.2. The van der Waals surface area contributed by atoms with Crippen LogP contribution in [-0.2, 0) is 14.4 Å². The molecule has 0 aliphatic carbocycles. The minimum Gasteiger partial charge on any atom is -0.493 e. The second-order valence-corrected chi connectivity index (χ2v) is 8.90. The van der Waals surface area contributed by atoms with Gasteiger partial charge in [-0.1, -0.05) is 41.4 Å². The van der Waals surface area contributed by atoms with Crippen LogP contribution in [0.15, 0.2) is 66.2 Å². The quantitative estimate of drug-likeness (QED) is 0.168. The molecule has 0 unspecified atom stereocenters. The fraction of sp³-hybridized carbons (Fsp3) is 0.0769. The molecule has 1 heterocycles. The van der Waals surface area contributed by atoms with Gasteiger partial charge in [0, 0.05) is 12.1 Å². The van der Waals surface area contributed by atoms with Crippen molar-refractivity contribution in [1.82, 2.24) is 5.32 Å². The van der Waals surface area contributed by atoms with E-state index in [4.69, 9.17) is 32.7 Å². The van der Waals surface area contributed by atoms with E-state index in [0.717, 1.165) is 12.1 Å². The van der Waals surface area contributed by atoms with Crippen molar-refractivity contribution in [2.75, 3.05) is 23.9 Å². The van der Waals surface area contributed by atoms with Crippen molar-refractivity contribution >= 4 is 70.1 Å². The van der Waals surface area contributed by atoms with Crippen LogP contribution in [0.4, 0.5) is 21.9 Å². The number of anilines is 2. The summed E-state index contributed by atoms with van der Waals surface area (Å²) in [5.41, 5.74) is -0.290. The van der Waals surface area contributed by atoms with Crippen LogP contribution in [-0.4, -0.2) is 42.4 Å².